The van der Waals surface area contributed by atoms with Crippen molar-refractivity contribution in [1.29, 1.82) is 0 Å². The fourth-order valence-electron chi connectivity index (χ4n) is 2.97. The number of carbonyl (C=O) groups is 1. The molecule has 0 aliphatic heterocycles. The Morgan fingerprint density at radius 2 is 1.79 bits per heavy atom. The van der Waals surface area contributed by atoms with Crippen LogP contribution in [0.1, 0.15) is 5.56 Å². The second-order valence-corrected chi connectivity index (χ2v) is 7.78. The van der Waals surface area contributed by atoms with Crippen LogP contribution < -0.4 is 10.6 Å². The maximum absolute atomic E-state index is 13.4. The Hall–Kier alpha value is -4.37. The molecule has 0 unspecified atom stereocenters. The number of nitro groups is 1. The highest BCUT2D eigenvalue weighted by atomic mass is 32.1. The van der Waals surface area contributed by atoms with Crippen molar-refractivity contribution < 1.29 is 14.1 Å². The Balaban J connectivity index is 1.41. The monoisotopic (exact) mass is 460 g/mol. The number of nitrogens with zero attached hydrogens (tertiary/aromatic N) is 2. The lowest BCUT2D eigenvalue weighted by atomic mass is 10.1. The van der Waals surface area contributed by atoms with E-state index in [4.69, 9.17) is 0 Å². The third kappa shape index (κ3) is 5.86. The topological polar surface area (TPSA) is 97.2 Å². The number of anilines is 3. The summed E-state index contributed by atoms with van der Waals surface area (Å²) in [6.07, 6.45) is 2.94. The average molecular weight is 460 g/mol. The second-order valence-electron chi connectivity index (χ2n) is 6.93. The predicted molar refractivity (Wildman–Crippen MR) is 128 cm³/mol. The summed E-state index contributed by atoms with van der Waals surface area (Å²) in [5, 5.41) is 19.1. The predicted octanol–water partition coefficient (Wildman–Crippen LogP) is 6.25. The van der Waals surface area contributed by atoms with E-state index in [0.29, 0.717) is 22.1 Å². The van der Waals surface area contributed by atoms with E-state index in [-0.39, 0.29) is 17.4 Å². The van der Waals surface area contributed by atoms with Crippen molar-refractivity contribution in [2.75, 3.05) is 10.6 Å². The number of nitro benzene ring substituents is 1. The molecule has 0 radical (unpaired) electrons. The zero-order chi connectivity index (χ0) is 23.2. The fourth-order valence-corrected chi connectivity index (χ4v) is 3.71. The third-order valence-electron chi connectivity index (χ3n) is 4.54. The molecule has 4 aromatic rings. The van der Waals surface area contributed by atoms with Gasteiger partial charge in [0.25, 0.3) is 5.69 Å². The maximum atomic E-state index is 13.4. The summed E-state index contributed by atoms with van der Waals surface area (Å²) in [4.78, 5) is 27.0. The van der Waals surface area contributed by atoms with E-state index < -0.39 is 4.92 Å². The smallest absolute Gasteiger partial charge is 0.269 e. The van der Waals surface area contributed by atoms with Crippen molar-refractivity contribution in [2.45, 2.75) is 0 Å². The minimum atomic E-state index is -0.476. The van der Waals surface area contributed by atoms with Gasteiger partial charge in [-0.05, 0) is 54.1 Å². The highest BCUT2D eigenvalue weighted by Gasteiger charge is 2.08. The first-order valence-corrected chi connectivity index (χ1v) is 10.7. The Morgan fingerprint density at radius 1 is 1.03 bits per heavy atom. The number of non-ortho nitro benzene ring substituents is 1. The van der Waals surface area contributed by atoms with E-state index in [1.54, 1.807) is 42.5 Å². The molecule has 0 bridgehead atoms. The summed E-state index contributed by atoms with van der Waals surface area (Å²) in [6, 6.07) is 19.3. The lowest BCUT2D eigenvalue weighted by Crippen LogP contribution is -2.07. The first kappa shape index (κ1) is 21.8. The van der Waals surface area contributed by atoms with E-state index in [1.165, 1.54) is 41.7 Å². The summed E-state index contributed by atoms with van der Waals surface area (Å²) < 4.78 is 13.4. The zero-order valence-electron chi connectivity index (χ0n) is 17.1. The molecule has 0 spiro atoms. The number of thiazole rings is 1. The molecule has 2 N–H and O–H groups in total. The maximum Gasteiger partial charge on any atom is 0.269 e. The summed E-state index contributed by atoms with van der Waals surface area (Å²) >= 11 is 1.39. The van der Waals surface area contributed by atoms with Crippen LogP contribution in [0.25, 0.3) is 17.3 Å². The van der Waals surface area contributed by atoms with Gasteiger partial charge in [0.1, 0.15) is 5.82 Å². The van der Waals surface area contributed by atoms with Crippen LogP contribution in [0.15, 0.2) is 84.3 Å². The number of carbonyl (C=O) groups excluding carboxylic acids is 1. The molecule has 3 aromatic carbocycles. The van der Waals surface area contributed by atoms with Crippen LogP contribution in [-0.2, 0) is 4.79 Å². The molecule has 0 aliphatic carbocycles. The van der Waals surface area contributed by atoms with Crippen molar-refractivity contribution in [3.8, 4) is 11.3 Å². The van der Waals surface area contributed by atoms with Crippen LogP contribution in [0, 0.1) is 15.9 Å². The molecule has 0 aliphatic rings. The van der Waals surface area contributed by atoms with E-state index >= 15 is 0 Å². The van der Waals surface area contributed by atoms with E-state index in [1.807, 2.05) is 17.5 Å². The zero-order valence-corrected chi connectivity index (χ0v) is 17.9. The quantitative estimate of drug-likeness (QED) is 0.193. The minimum absolute atomic E-state index is 0.00949. The molecular weight excluding hydrogens is 443 g/mol. The second kappa shape index (κ2) is 9.84. The van der Waals surface area contributed by atoms with Gasteiger partial charge >= 0.3 is 0 Å². The molecule has 0 atom stereocenters. The SMILES string of the molecule is O=C(/C=C/c1ccc([N+](=O)[O-])cc1)Nc1cccc(-c2csc(Nc3cccc(F)c3)n2)c1. The van der Waals surface area contributed by atoms with E-state index in [2.05, 4.69) is 15.6 Å². The Kier molecular flexibility index (Phi) is 6.51. The molecule has 0 saturated carbocycles. The molecule has 1 aromatic heterocycles. The number of hydrogen-bond donors (Lipinski definition) is 2. The third-order valence-corrected chi connectivity index (χ3v) is 5.29. The van der Waals surface area contributed by atoms with Crippen LogP contribution in [0.5, 0.6) is 0 Å². The van der Waals surface area contributed by atoms with Gasteiger partial charge < -0.3 is 10.6 Å². The summed E-state index contributed by atoms with van der Waals surface area (Å²) in [5.74, 6) is -0.667. The Bertz CT molecular complexity index is 1340. The summed E-state index contributed by atoms with van der Waals surface area (Å²) in [7, 11) is 0. The van der Waals surface area contributed by atoms with E-state index in [9.17, 15) is 19.3 Å². The van der Waals surface area contributed by atoms with Gasteiger partial charge in [-0.15, -0.1) is 11.3 Å². The van der Waals surface area contributed by atoms with Crippen LogP contribution in [0.2, 0.25) is 0 Å². The highest BCUT2D eigenvalue weighted by molar-refractivity contribution is 7.14. The molecule has 164 valence electrons. The van der Waals surface area contributed by atoms with Gasteiger partial charge in [-0.1, -0.05) is 18.2 Å². The number of amides is 1. The van der Waals surface area contributed by atoms with Gasteiger partial charge in [0.05, 0.1) is 10.6 Å². The summed E-state index contributed by atoms with van der Waals surface area (Å²) in [6.45, 7) is 0. The minimum Gasteiger partial charge on any atom is -0.331 e. The van der Waals surface area contributed by atoms with Gasteiger partial charge in [0, 0.05) is 40.5 Å². The molecular formula is C24H17FN4O3S. The molecule has 1 heterocycles. The Labute approximate surface area is 192 Å². The number of benzene rings is 3. The van der Waals surface area contributed by atoms with Crippen molar-refractivity contribution in [2.24, 2.45) is 0 Å². The number of nitrogens with one attached hydrogen (secondary N) is 2. The molecule has 33 heavy (non-hydrogen) atoms. The molecule has 1 amide bonds. The molecule has 7 nitrogen and oxygen atoms in total. The molecule has 0 saturated heterocycles. The van der Waals surface area contributed by atoms with Crippen molar-refractivity contribution in [3.63, 3.8) is 0 Å². The number of hydrogen-bond acceptors (Lipinski definition) is 6. The standard InChI is InChI=1S/C24H17FN4O3S/c25-18-4-2-6-20(14-18)27-24-28-22(15-33-24)17-3-1-5-19(13-17)26-23(30)12-9-16-7-10-21(11-8-16)29(31)32/h1-15H,(H,26,30)(H,27,28)/b12-9+. The number of rotatable bonds is 7. The first-order chi connectivity index (χ1) is 16.0. The van der Waals surface area contributed by atoms with Gasteiger partial charge in [0.2, 0.25) is 5.91 Å². The van der Waals surface area contributed by atoms with Crippen molar-refractivity contribution >= 4 is 45.5 Å². The van der Waals surface area contributed by atoms with Crippen molar-refractivity contribution in [1.82, 2.24) is 4.98 Å². The molecule has 0 fully saturated rings. The Morgan fingerprint density at radius 3 is 2.55 bits per heavy atom. The van der Waals surface area contributed by atoms with Crippen LogP contribution in [0.4, 0.5) is 26.6 Å². The van der Waals surface area contributed by atoms with Gasteiger partial charge in [-0.25, -0.2) is 9.37 Å². The normalized spacial score (nSPS) is 10.8. The lowest BCUT2D eigenvalue weighted by Gasteiger charge is -2.05. The van der Waals surface area contributed by atoms with Crippen LogP contribution >= 0.6 is 11.3 Å². The molecule has 4 rings (SSSR count). The number of aromatic nitrogens is 1. The first-order valence-electron chi connectivity index (χ1n) is 9.78. The van der Waals surface area contributed by atoms with Gasteiger partial charge in [0.15, 0.2) is 5.13 Å². The van der Waals surface area contributed by atoms with E-state index in [0.717, 1.165) is 11.3 Å². The fraction of sp³-hybridized carbons (Fsp3) is 0. The van der Waals surface area contributed by atoms with Gasteiger partial charge in [-0.3, -0.25) is 14.9 Å². The largest absolute Gasteiger partial charge is 0.331 e. The van der Waals surface area contributed by atoms with Crippen LogP contribution in [-0.4, -0.2) is 15.8 Å². The van der Waals surface area contributed by atoms with Gasteiger partial charge in [-0.2, -0.15) is 0 Å². The average Bonchev–Trinajstić information content (AvgIpc) is 3.27. The lowest BCUT2D eigenvalue weighted by molar-refractivity contribution is -0.384. The highest BCUT2D eigenvalue weighted by Crippen LogP contribution is 2.28. The number of halogens is 1. The summed E-state index contributed by atoms with van der Waals surface area (Å²) in [5.41, 5.74) is 3.40. The van der Waals surface area contributed by atoms with Crippen molar-refractivity contribution in [3.05, 3.63) is 106 Å². The molecule has 9 heteroatoms. The van der Waals surface area contributed by atoms with Crippen LogP contribution in [0.3, 0.4) is 0 Å².